The van der Waals surface area contributed by atoms with Crippen molar-refractivity contribution in [1.29, 1.82) is 0 Å². The molecule has 0 radical (unpaired) electrons. The van der Waals surface area contributed by atoms with E-state index in [9.17, 15) is 13.2 Å². The van der Waals surface area contributed by atoms with Crippen LogP contribution in [-0.4, -0.2) is 38.8 Å². The minimum Gasteiger partial charge on any atom is -0.495 e. The van der Waals surface area contributed by atoms with Crippen LogP contribution in [0.5, 0.6) is 5.75 Å². The van der Waals surface area contributed by atoms with Crippen LogP contribution in [0.1, 0.15) is 23.3 Å². The molecule has 27 heavy (non-hydrogen) atoms. The zero-order chi connectivity index (χ0) is 19.6. The van der Waals surface area contributed by atoms with Gasteiger partial charge in [-0.05, 0) is 50.5 Å². The Labute approximate surface area is 164 Å². The summed E-state index contributed by atoms with van der Waals surface area (Å²) in [7, 11) is -2.00. The van der Waals surface area contributed by atoms with Crippen molar-refractivity contribution in [2.45, 2.75) is 30.9 Å². The molecule has 0 spiro atoms. The maximum absolute atomic E-state index is 12.9. The van der Waals surface area contributed by atoms with Gasteiger partial charge in [-0.1, -0.05) is 12.1 Å². The van der Waals surface area contributed by atoms with Crippen LogP contribution in [0, 0.1) is 19.8 Å². The Kier molecular flexibility index (Phi) is 5.88. The second-order valence-corrected chi connectivity index (χ2v) is 10.2. The normalized spacial score (nSPS) is 18.3. The number of rotatable bonds is 5. The van der Waals surface area contributed by atoms with E-state index in [4.69, 9.17) is 4.74 Å². The van der Waals surface area contributed by atoms with E-state index in [0.717, 1.165) is 10.4 Å². The fourth-order valence-electron chi connectivity index (χ4n) is 3.25. The van der Waals surface area contributed by atoms with E-state index in [2.05, 4.69) is 5.32 Å². The topological polar surface area (TPSA) is 75.7 Å². The molecular formula is C19H24N2O4S2. The molecule has 1 amide bonds. The predicted molar refractivity (Wildman–Crippen MR) is 107 cm³/mol. The molecular weight excluding hydrogens is 384 g/mol. The van der Waals surface area contributed by atoms with Crippen LogP contribution in [0.2, 0.25) is 0 Å². The van der Waals surface area contributed by atoms with Crippen LogP contribution in [0.15, 0.2) is 34.5 Å². The van der Waals surface area contributed by atoms with Crippen molar-refractivity contribution in [3.63, 3.8) is 0 Å². The van der Waals surface area contributed by atoms with Gasteiger partial charge in [-0.2, -0.15) is 4.31 Å². The molecule has 2 heterocycles. The molecule has 2 aromatic rings. The molecule has 1 aliphatic heterocycles. The van der Waals surface area contributed by atoms with Crippen molar-refractivity contribution in [2.75, 3.05) is 25.5 Å². The molecule has 8 heteroatoms. The zero-order valence-electron chi connectivity index (χ0n) is 15.7. The standard InChI is InChI=1S/C19H24N2O4S2/c1-13-6-4-8-16(25-3)18(13)20-19(22)15-7-5-11-21(12-15)27(23,24)17-10-9-14(2)26-17/h4,6,8-10,15H,5,7,11-12H2,1-3H3,(H,20,22). The second kappa shape index (κ2) is 8.00. The summed E-state index contributed by atoms with van der Waals surface area (Å²) >= 11 is 1.26. The summed E-state index contributed by atoms with van der Waals surface area (Å²) in [6, 6.07) is 8.99. The summed E-state index contributed by atoms with van der Waals surface area (Å²) < 4.78 is 32.8. The van der Waals surface area contributed by atoms with Gasteiger partial charge in [-0.15, -0.1) is 11.3 Å². The number of anilines is 1. The van der Waals surface area contributed by atoms with E-state index in [1.54, 1.807) is 25.3 Å². The first-order valence-corrected chi connectivity index (χ1v) is 11.1. The number of hydrogen-bond acceptors (Lipinski definition) is 5. The Morgan fingerprint density at radius 1 is 1.26 bits per heavy atom. The average Bonchev–Trinajstić information content (AvgIpc) is 3.10. The number of hydrogen-bond donors (Lipinski definition) is 1. The first-order chi connectivity index (χ1) is 12.8. The first-order valence-electron chi connectivity index (χ1n) is 8.84. The molecule has 1 aromatic carbocycles. The number of nitrogens with one attached hydrogen (secondary N) is 1. The highest BCUT2D eigenvalue weighted by atomic mass is 32.2. The van der Waals surface area contributed by atoms with Gasteiger partial charge in [-0.25, -0.2) is 8.42 Å². The number of sulfonamides is 1. The van der Waals surface area contributed by atoms with Gasteiger partial charge < -0.3 is 10.1 Å². The fraction of sp³-hybridized carbons (Fsp3) is 0.421. The fourth-order valence-corrected chi connectivity index (χ4v) is 6.21. The van der Waals surface area contributed by atoms with E-state index in [-0.39, 0.29) is 18.4 Å². The summed E-state index contributed by atoms with van der Waals surface area (Å²) in [6.45, 7) is 4.41. The zero-order valence-corrected chi connectivity index (χ0v) is 17.3. The van der Waals surface area contributed by atoms with Crippen molar-refractivity contribution in [3.8, 4) is 5.75 Å². The minimum atomic E-state index is -3.55. The molecule has 1 N–H and O–H groups in total. The van der Waals surface area contributed by atoms with Crippen molar-refractivity contribution in [3.05, 3.63) is 40.8 Å². The van der Waals surface area contributed by atoms with Crippen molar-refractivity contribution < 1.29 is 17.9 Å². The number of methoxy groups -OCH3 is 1. The highest BCUT2D eigenvalue weighted by molar-refractivity contribution is 7.91. The van der Waals surface area contributed by atoms with Gasteiger partial charge in [0.2, 0.25) is 5.91 Å². The molecule has 6 nitrogen and oxygen atoms in total. The summed E-state index contributed by atoms with van der Waals surface area (Å²) in [5.41, 5.74) is 1.54. The number of thiophene rings is 1. The Morgan fingerprint density at radius 2 is 2.04 bits per heavy atom. The third-order valence-corrected chi connectivity index (χ3v) is 8.10. The average molecular weight is 409 g/mol. The maximum atomic E-state index is 12.9. The largest absolute Gasteiger partial charge is 0.495 e. The lowest BCUT2D eigenvalue weighted by Gasteiger charge is -2.31. The van der Waals surface area contributed by atoms with E-state index >= 15 is 0 Å². The molecule has 0 saturated carbocycles. The Hall–Kier alpha value is -1.90. The number of para-hydroxylation sites is 1. The van der Waals surface area contributed by atoms with Crippen LogP contribution in [0.4, 0.5) is 5.69 Å². The van der Waals surface area contributed by atoms with Crippen LogP contribution in [0.3, 0.4) is 0 Å². The number of carbonyl (C=O) groups is 1. The lowest BCUT2D eigenvalue weighted by molar-refractivity contribution is -0.120. The maximum Gasteiger partial charge on any atom is 0.252 e. The van der Waals surface area contributed by atoms with Crippen molar-refractivity contribution in [1.82, 2.24) is 4.31 Å². The molecule has 0 aliphatic carbocycles. The van der Waals surface area contributed by atoms with Crippen LogP contribution in [0.25, 0.3) is 0 Å². The number of amides is 1. The Balaban J connectivity index is 1.76. The van der Waals surface area contributed by atoms with Crippen LogP contribution < -0.4 is 10.1 Å². The molecule has 1 saturated heterocycles. The lowest BCUT2D eigenvalue weighted by Crippen LogP contribution is -2.43. The SMILES string of the molecule is COc1cccc(C)c1NC(=O)C1CCCN(S(=O)(=O)c2ccc(C)s2)C1. The lowest BCUT2D eigenvalue weighted by atomic mass is 9.98. The first kappa shape index (κ1) is 19.9. The summed E-state index contributed by atoms with van der Waals surface area (Å²) in [6.07, 6.45) is 1.32. The van der Waals surface area contributed by atoms with Crippen LogP contribution in [-0.2, 0) is 14.8 Å². The molecule has 146 valence electrons. The second-order valence-electron chi connectivity index (χ2n) is 6.71. The molecule has 1 atom stereocenters. The number of carbonyl (C=O) groups excluding carboxylic acids is 1. The van der Waals surface area contributed by atoms with Gasteiger partial charge in [-0.3, -0.25) is 4.79 Å². The molecule has 3 rings (SSSR count). The predicted octanol–water partition coefficient (Wildman–Crippen LogP) is 3.41. The highest BCUT2D eigenvalue weighted by Gasteiger charge is 2.34. The quantitative estimate of drug-likeness (QED) is 0.823. The molecule has 1 unspecified atom stereocenters. The van der Waals surface area contributed by atoms with Crippen molar-refractivity contribution in [2.24, 2.45) is 5.92 Å². The van der Waals surface area contributed by atoms with Gasteiger partial charge >= 0.3 is 0 Å². The third-order valence-electron chi connectivity index (χ3n) is 4.77. The number of ether oxygens (including phenoxy) is 1. The van der Waals surface area contributed by atoms with Gasteiger partial charge in [0.25, 0.3) is 10.0 Å². The molecule has 1 aliphatic rings. The number of benzene rings is 1. The smallest absolute Gasteiger partial charge is 0.252 e. The molecule has 0 bridgehead atoms. The summed E-state index contributed by atoms with van der Waals surface area (Å²) in [4.78, 5) is 13.8. The Morgan fingerprint density at radius 3 is 2.70 bits per heavy atom. The van der Waals surface area contributed by atoms with E-state index < -0.39 is 10.0 Å². The number of piperidine rings is 1. The monoisotopic (exact) mass is 408 g/mol. The van der Waals surface area contributed by atoms with Gasteiger partial charge in [0, 0.05) is 18.0 Å². The van der Waals surface area contributed by atoms with Gasteiger partial charge in [0.15, 0.2) is 0 Å². The van der Waals surface area contributed by atoms with Gasteiger partial charge in [0.05, 0.1) is 18.7 Å². The van der Waals surface area contributed by atoms with Gasteiger partial charge in [0.1, 0.15) is 9.96 Å². The number of nitrogens with zero attached hydrogens (tertiary/aromatic N) is 1. The molecule has 1 aromatic heterocycles. The number of aryl methyl sites for hydroxylation is 2. The Bertz CT molecular complexity index is 937. The summed E-state index contributed by atoms with van der Waals surface area (Å²) in [5, 5.41) is 2.93. The van der Waals surface area contributed by atoms with E-state index in [1.165, 1.54) is 15.6 Å². The minimum absolute atomic E-state index is 0.176. The van der Waals surface area contributed by atoms with Crippen LogP contribution >= 0.6 is 11.3 Å². The van der Waals surface area contributed by atoms with E-state index in [0.29, 0.717) is 35.0 Å². The van der Waals surface area contributed by atoms with Crippen molar-refractivity contribution >= 4 is 33.0 Å². The highest BCUT2D eigenvalue weighted by Crippen LogP contribution is 2.31. The molecule has 1 fully saturated rings. The third kappa shape index (κ3) is 4.17. The van der Waals surface area contributed by atoms with E-state index in [1.807, 2.05) is 26.0 Å². The summed E-state index contributed by atoms with van der Waals surface area (Å²) in [5.74, 6) is 0.0291.